The quantitative estimate of drug-likeness (QED) is 0.513. The Bertz CT molecular complexity index is 266. The summed E-state index contributed by atoms with van der Waals surface area (Å²) in [6, 6.07) is 9.82. The van der Waals surface area contributed by atoms with Crippen LogP contribution in [0.3, 0.4) is 0 Å². The topological polar surface area (TPSA) is 9.23 Å². The zero-order valence-electron chi connectivity index (χ0n) is 8.83. The minimum atomic E-state index is -0.268. The van der Waals surface area contributed by atoms with E-state index in [1.54, 1.807) is 0 Å². The number of rotatable bonds is 6. The first kappa shape index (κ1) is 11.2. The van der Waals surface area contributed by atoms with Gasteiger partial charge in [-0.05, 0) is 30.5 Å². The van der Waals surface area contributed by atoms with Crippen molar-refractivity contribution < 1.29 is 4.43 Å². The molecular formula is C12H18OSi. The molecule has 0 spiro atoms. The van der Waals surface area contributed by atoms with Gasteiger partial charge < -0.3 is 4.43 Å². The van der Waals surface area contributed by atoms with Crippen molar-refractivity contribution in [2.45, 2.75) is 19.4 Å². The molecule has 0 saturated carbocycles. The van der Waals surface area contributed by atoms with Crippen LogP contribution in [0.15, 0.2) is 30.8 Å². The summed E-state index contributed by atoms with van der Waals surface area (Å²) in [4.78, 5) is 0. The lowest BCUT2D eigenvalue weighted by atomic mass is 10.1. The normalized spacial score (nSPS) is 10.9. The zero-order valence-corrected chi connectivity index (χ0v) is 10.2. The van der Waals surface area contributed by atoms with Crippen LogP contribution in [0.4, 0.5) is 0 Å². The highest BCUT2D eigenvalue weighted by molar-refractivity contribution is 6.27. The fourth-order valence-corrected chi connectivity index (χ4v) is 2.39. The predicted octanol–water partition coefficient (Wildman–Crippen LogP) is 2.41. The molecule has 0 aliphatic rings. The molecule has 0 aliphatic carbocycles. The summed E-state index contributed by atoms with van der Waals surface area (Å²) in [5, 5.41) is 0. The Labute approximate surface area is 88.7 Å². The summed E-state index contributed by atoms with van der Waals surface area (Å²) >= 11 is 0. The third-order valence-corrected chi connectivity index (χ3v) is 3.51. The van der Waals surface area contributed by atoms with Crippen molar-refractivity contribution in [2.75, 3.05) is 6.61 Å². The highest BCUT2D eigenvalue weighted by Gasteiger charge is 1.93. The highest BCUT2D eigenvalue weighted by atomic mass is 28.2. The van der Waals surface area contributed by atoms with Crippen LogP contribution >= 0.6 is 0 Å². The predicted molar refractivity (Wildman–Crippen MR) is 65.2 cm³/mol. The standard InChI is InChI=1S/C12H18OSi/c1-3-11-5-7-12(8-6-11)9-10-14-13-4-2/h3,5-8H,1,4,9-10,14H2,2H3. The third kappa shape index (κ3) is 3.90. The van der Waals surface area contributed by atoms with E-state index >= 15 is 0 Å². The Balaban J connectivity index is 2.32. The minimum Gasteiger partial charge on any atom is -0.424 e. The summed E-state index contributed by atoms with van der Waals surface area (Å²) in [6.45, 7) is 6.67. The Morgan fingerprint density at radius 1 is 1.36 bits per heavy atom. The van der Waals surface area contributed by atoms with Gasteiger partial charge in [0.05, 0.1) is 0 Å². The van der Waals surface area contributed by atoms with E-state index in [0.717, 1.165) is 13.0 Å². The molecule has 14 heavy (non-hydrogen) atoms. The molecule has 1 aromatic rings. The van der Waals surface area contributed by atoms with Crippen molar-refractivity contribution in [1.82, 2.24) is 0 Å². The van der Waals surface area contributed by atoms with Gasteiger partial charge in [-0.2, -0.15) is 0 Å². The molecule has 0 N–H and O–H groups in total. The molecule has 76 valence electrons. The van der Waals surface area contributed by atoms with Crippen molar-refractivity contribution in [3.05, 3.63) is 42.0 Å². The van der Waals surface area contributed by atoms with Crippen molar-refractivity contribution in [3.63, 3.8) is 0 Å². The van der Waals surface area contributed by atoms with E-state index in [9.17, 15) is 0 Å². The van der Waals surface area contributed by atoms with Crippen LogP contribution in [0, 0.1) is 0 Å². The fraction of sp³-hybridized carbons (Fsp3) is 0.333. The summed E-state index contributed by atoms with van der Waals surface area (Å²) in [5.74, 6) is 0. The van der Waals surface area contributed by atoms with Crippen molar-refractivity contribution in [1.29, 1.82) is 0 Å². The Kier molecular flexibility index (Phi) is 5.26. The molecule has 2 heteroatoms. The summed E-state index contributed by atoms with van der Waals surface area (Å²) in [6.07, 6.45) is 3.03. The van der Waals surface area contributed by atoms with Gasteiger partial charge in [-0.1, -0.05) is 36.9 Å². The molecule has 0 aliphatic heterocycles. The lowest BCUT2D eigenvalue weighted by molar-refractivity contribution is 0.360. The van der Waals surface area contributed by atoms with Crippen LogP contribution in [-0.2, 0) is 10.8 Å². The monoisotopic (exact) mass is 206 g/mol. The molecule has 1 rings (SSSR count). The van der Waals surface area contributed by atoms with E-state index in [1.165, 1.54) is 17.2 Å². The summed E-state index contributed by atoms with van der Waals surface area (Å²) < 4.78 is 5.42. The fourth-order valence-electron chi connectivity index (χ4n) is 1.34. The second-order valence-electron chi connectivity index (χ2n) is 3.25. The van der Waals surface area contributed by atoms with Gasteiger partial charge in [0.2, 0.25) is 0 Å². The molecule has 1 nitrogen and oxygen atoms in total. The Hall–Kier alpha value is -0.863. The van der Waals surface area contributed by atoms with Gasteiger partial charge >= 0.3 is 0 Å². The van der Waals surface area contributed by atoms with E-state index in [1.807, 2.05) is 6.08 Å². The second kappa shape index (κ2) is 6.57. The third-order valence-electron chi connectivity index (χ3n) is 2.17. The van der Waals surface area contributed by atoms with E-state index in [2.05, 4.69) is 37.8 Å². The average molecular weight is 206 g/mol. The van der Waals surface area contributed by atoms with Gasteiger partial charge in [-0.15, -0.1) is 0 Å². The first-order chi connectivity index (χ1) is 6.86. The van der Waals surface area contributed by atoms with Crippen LogP contribution < -0.4 is 0 Å². The number of hydrogen-bond acceptors (Lipinski definition) is 1. The van der Waals surface area contributed by atoms with E-state index < -0.39 is 0 Å². The molecule has 0 bridgehead atoms. The average Bonchev–Trinajstić information content (AvgIpc) is 2.25. The minimum absolute atomic E-state index is 0.268. The molecule has 0 amide bonds. The summed E-state index contributed by atoms with van der Waals surface area (Å²) in [5.41, 5.74) is 2.60. The van der Waals surface area contributed by atoms with Crippen LogP contribution in [0.1, 0.15) is 18.1 Å². The van der Waals surface area contributed by atoms with Crippen molar-refractivity contribution in [3.8, 4) is 0 Å². The number of benzene rings is 1. The largest absolute Gasteiger partial charge is 0.424 e. The SMILES string of the molecule is C=Cc1ccc(CC[SiH2]OCC)cc1. The number of aryl methyl sites for hydroxylation is 1. The van der Waals surface area contributed by atoms with Crippen LogP contribution in [0.2, 0.25) is 6.04 Å². The zero-order chi connectivity index (χ0) is 10.2. The lowest BCUT2D eigenvalue weighted by Crippen LogP contribution is -1.99. The molecule has 0 saturated heterocycles. The van der Waals surface area contributed by atoms with Crippen molar-refractivity contribution >= 4 is 15.8 Å². The van der Waals surface area contributed by atoms with Gasteiger partial charge in [0.1, 0.15) is 0 Å². The molecule has 0 atom stereocenters. The maximum absolute atomic E-state index is 5.42. The second-order valence-corrected chi connectivity index (χ2v) is 4.77. The molecule has 0 unspecified atom stereocenters. The van der Waals surface area contributed by atoms with Crippen LogP contribution in [-0.4, -0.2) is 16.4 Å². The van der Waals surface area contributed by atoms with Gasteiger partial charge in [0.15, 0.2) is 9.76 Å². The Morgan fingerprint density at radius 2 is 2.07 bits per heavy atom. The smallest absolute Gasteiger partial charge is 0.161 e. The maximum atomic E-state index is 5.42. The molecule has 0 fully saturated rings. The van der Waals surface area contributed by atoms with Crippen molar-refractivity contribution in [2.24, 2.45) is 0 Å². The first-order valence-electron chi connectivity index (χ1n) is 5.16. The van der Waals surface area contributed by atoms with Gasteiger partial charge in [0, 0.05) is 6.61 Å². The van der Waals surface area contributed by atoms with E-state index in [4.69, 9.17) is 4.43 Å². The lowest BCUT2D eigenvalue weighted by Gasteiger charge is -2.01. The van der Waals surface area contributed by atoms with E-state index in [0.29, 0.717) is 0 Å². The maximum Gasteiger partial charge on any atom is 0.161 e. The number of hydrogen-bond donors (Lipinski definition) is 0. The molecule has 1 aromatic carbocycles. The van der Waals surface area contributed by atoms with Gasteiger partial charge in [-0.25, -0.2) is 0 Å². The van der Waals surface area contributed by atoms with Gasteiger partial charge in [-0.3, -0.25) is 0 Å². The van der Waals surface area contributed by atoms with Crippen LogP contribution in [0.5, 0.6) is 0 Å². The molecular weight excluding hydrogens is 188 g/mol. The summed E-state index contributed by atoms with van der Waals surface area (Å²) in [7, 11) is -0.268. The molecule has 0 heterocycles. The molecule has 0 aromatic heterocycles. The van der Waals surface area contributed by atoms with Gasteiger partial charge in [0.25, 0.3) is 0 Å². The molecule has 0 radical (unpaired) electrons. The Morgan fingerprint density at radius 3 is 2.64 bits per heavy atom. The highest BCUT2D eigenvalue weighted by Crippen LogP contribution is 2.07. The first-order valence-corrected chi connectivity index (χ1v) is 6.73. The van der Waals surface area contributed by atoms with E-state index in [-0.39, 0.29) is 9.76 Å². The van der Waals surface area contributed by atoms with Crippen LogP contribution in [0.25, 0.3) is 6.08 Å².